The van der Waals surface area contributed by atoms with E-state index in [9.17, 15) is 23.1 Å². The van der Waals surface area contributed by atoms with Crippen LogP contribution in [0.2, 0.25) is 0 Å². The van der Waals surface area contributed by atoms with E-state index < -0.39 is 17.8 Å². The van der Waals surface area contributed by atoms with Crippen LogP contribution in [0.5, 0.6) is 5.75 Å². The molecule has 6 heteroatoms. The predicted molar refractivity (Wildman–Crippen MR) is 93.6 cm³/mol. The number of halogens is 3. The number of nitrogens with one attached hydrogen (secondary N) is 1. The zero-order chi connectivity index (χ0) is 19.3. The fourth-order valence-electron chi connectivity index (χ4n) is 2.76. The second kappa shape index (κ2) is 8.25. The number of carbonyl (C=O) groups excluding carboxylic acids is 1. The van der Waals surface area contributed by atoms with Gasteiger partial charge < -0.3 is 10.4 Å². The Kier molecular flexibility index (Phi) is 6.29. The number of benzene rings is 2. The quantitative estimate of drug-likeness (QED) is 0.768. The summed E-state index contributed by atoms with van der Waals surface area (Å²) < 4.78 is 38.9. The highest BCUT2D eigenvalue weighted by atomic mass is 19.4. The van der Waals surface area contributed by atoms with Crippen LogP contribution in [-0.2, 0) is 17.4 Å². The first-order valence-electron chi connectivity index (χ1n) is 8.40. The maximum Gasteiger partial charge on any atom is 0.416 e. The average molecular weight is 365 g/mol. The number of amides is 1. The van der Waals surface area contributed by atoms with E-state index in [0.717, 1.165) is 12.1 Å². The third-order valence-electron chi connectivity index (χ3n) is 4.00. The molecule has 2 aromatic carbocycles. The van der Waals surface area contributed by atoms with Crippen LogP contribution in [0.4, 0.5) is 13.2 Å². The number of phenolic OH excluding ortho intramolecular Hbond substituents is 1. The van der Waals surface area contributed by atoms with Gasteiger partial charge in [-0.1, -0.05) is 44.2 Å². The zero-order valence-electron chi connectivity index (χ0n) is 14.7. The van der Waals surface area contributed by atoms with Crippen molar-refractivity contribution in [3.8, 4) is 5.75 Å². The molecule has 0 radical (unpaired) electrons. The molecule has 0 spiro atoms. The van der Waals surface area contributed by atoms with Gasteiger partial charge in [-0.05, 0) is 36.1 Å². The van der Waals surface area contributed by atoms with Crippen molar-refractivity contribution in [2.24, 2.45) is 5.92 Å². The summed E-state index contributed by atoms with van der Waals surface area (Å²) in [6, 6.07) is 11.0. The molecule has 0 bridgehead atoms. The summed E-state index contributed by atoms with van der Waals surface area (Å²) in [4.78, 5) is 12.4. The molecule has 0 saturated heterocycles. The molecule has 26 heavy (non-hydrogen) atoms. The molecule has 0 fully saturated rings. The standard InChI is InChI=1S/C20H22F3NO2/c1-13(2)10-17(14-7-5-8-16(11-14)20(21,22)23)24-19(26)12-15-6-3-4-9-18(15)25/h3-9,11,13,17,25H,10,12H2,1-2H3,(H,24,26). The van der Waals surface area contributed by atoms with Gasteiger partial charge in [-0.15, -0.1) is 0 Å². The third kappa shape index (κ3) is 5.51. The Morgan fingerprint density at radius 3 is 2.42 bits per heavy atom. The summed E-state index contributed by atoms with van der Waals surface area (Å²) in [5.41, 5.74) is 0.148. The van der Waals surface area contributed by atoms with Crippen LogP contribution in [0, 0.1) is 5.92 Å². The van der Waals surface area contributed by atoms with Crippen molar-refractivity contribution in [2.75, 3.05) is 0 Å². The second-order valence-corrected chi connectivity index (χ2v) is 6.68. The van der Waals surface area contributed by atoms with Gasteiger partial charge in [0.1, 0.15) is 5.75 Å². The molecule has 0 aliphatic heterocycles. The summed E-state index contributed by atoms with van der Waals surface area (Å²) in [7, 11) is 0. The highest BCUT2D eigenvalue weighted by Gasteiger charge is 2.31. The Bertz CT molecular complexity index is 757. The minimum atomic E-state index is -4.43. The van der Waals surface area contributed by atoms with E-state index in [4.69, 9.17) is 0 Å². The molecule has 1 unspecified atom stereocenters. The minimum absolute atomic E-state index is 0.0159. The van der Waals surface area contributed by atoms with Gasteiger partial charge in [0.15, 0.2) is 0 Å². The van der Waals surface area contributed by atoms with Gasteiger partial charge in [0, 0.05) is 5.56 Å². The number of alkyl halides is 3. The van der Waals surface area contributed by atoms with E-state index in [2.05, 4.69) is 5.32 Å². The number of carbonyl (C=O) groups is 1. The summed E-state index contributed by atoms with van der Waals surface area (Å²) in [6.45, 7) is 3.88. The highest BCUT2D eigenvalue weighted by molar-refractivity contribution is 5.79. The molecule has 2 aromatic rings. The van der Waals surface area contributed by atoms with E-state index in [1.165, 1.54) is 12.1 Å². The van der Waals surface area contributed by atoms with E-state index in [0.29, 0.717) is 17.5 Å². The third-order valence-corrected chi connectivity index (χ3v) is 4.00. The topological polar surface area (TPSA) is 49.3 Å². The lowest BCUT2D eigenvalue weighted by molar-refractivity contribution is -0.137. The van der Waals surface area contributed by atoms with Gasteiger partial charge in [-0.2, -0.15) is 13.2 Å². The molecule has 2 N–H and O–H groups in total. The Labute approximate surface area is 150 Å². The zero-order valence-corrected chi connectivity index (χ0v) is 14.7. The number of phenols is 1. The molecule has 0 aliphatic carbocycles. The molecule has 0 saturated carbocycles. The lowest BCUT2D eigenvalue weighted by Crippen LogP contribution is -2.31. The fourth-order valence-corrected chi connectivity index (χ4v) is 2.76. The first-order valence-corrected chi connectivity index (χ1v) is 8.40. The SMILES string of the molecule is CC(C)CC(NC(=O)Cc1ccccc1O)c1cccc(C(F)(F)F)c1. The minimum Gasteiger partial charge on any atom is -0.508 e. The average Bonchev–Trinajstić information content (AvgIpc) is 2.55. The van der Waals surface area contributed by atoms with Crippen LogP contribution in [0.3, 0.4) is 0 Å². The Balaban J connectivity index is 2.20. The van der Waals surface area contributed by atoms with E-state index in [1.54, 1.807) is 24.3 Å². The van der Waals surface area contributed by atoms with Crippen LogP contribution >= 0.6 is 0 Å². The number of rotatable bonds is 6. The molecule has 3 nitrogen and oxygen atoms in total. The molecule has 2 rings (SSSR count). The van der Waals surface area contributed by atoms with Crippen molar-refractivity contribution in [2.45, 2.75) is 38.9 Å². The number of hydrogen-bond donors (Lipinski definition) is 2. The number of para-hydroxylation sites is 1. The summed E-state index contributed by atoms with van der Waals surface area (Å²) in [5.74, 6) is -0.156. The van der Waals surface area contributed by atoms with E-state index in [-0.39, 0.29) is 24.0 Å². The van der Waals surface area contributed by atoms with Gasteiger partial charge in [-0.25, -0.2) is 0 Å². The molecule has 0 aliphatic rings. The first kappa shape index (κ1) is 19.8. The Hall–Kier alpha value is -2.50. The van der Waals surface area contributed by atoms with Crippen LogP contribution in [0.1, 0.15) is 43.0 Å². The van der Waals surface area contributed by atoms with Crippen molar-refractivity contribution in [3.05, 3.63) is 65.2 Å². The molecule has 0 heterocycles. The molecule has 140 valence electrons. The van der Waals surface area contributed by atoms with Crippen LogP contribution in [-0.4, -0.2) is 11.0 Å². The van der Waals surface area contributed by atoms with E-state index >= 15 is 0 Å². The van der Waals surface area contributed by atoms with Gasteiger partial charge in [0.2, 0.25) is 5.91 Å². The monoisotopic (exact) mass is 365 g/mol. The molecule has 1 amide bonds. The summed E-state index contributed by atoms with van der Waals surface area (Å²) in [6.07, 6.45) is -3.97. The second-order valence-electron chi connectivity index (χ2n) is 6.68. The molecule has 1 atom stereocenters. The largest absolute Gasteiger partial charge is 0.508 e. The fraction of sp³-hybridized carbons (Fsp3) is 0.350. The van der Waals surface area contributed by atoms with Crippen LogP contribution in [0.25, 0.3) is 0 Å². The molecular formula is C20H22F3NO2. The number of hydrogen-bond acceptors (Lipinski definition) is 2. The lowest BCUT2D eigenvalue weighted by atomic mass is 9.95. The lowest BCUT2D eigenvalue weighted by Gasteiger charge is -2.22. The maximum atomic E-state index is 13.0. The first-order chi connectivity index (χ1) is 12.2. The van der Waals surface area contributed by atoms with Crippen molar-refractivity contribution in [1.29, 1.82) is 0 Å². The summed E-state index contributed by atoms with van der Waals surface area (Å²) in [5, 5.41) is 12.6. The highest BCUT2D eigenvalue weighted by Crippen LogP contribution is 2.32. The van der Waals surface area contributed by atoms with E-state index in [1.807, 2.05) is 13.8 Å². The normalized spacial score (nSPS) is 12.8. The Morgan fingerprint density at radius 2 is 1.81 bits per heavy atom. The summed E-state index contributed by atoms with van der Waals surface area (Å²) >= 11 is 0. The van der Waals surface area contributed by atoms with Gasteiger partial charge in [0.05, 0.1) is 18.0 Å². The molecule has 0 aromatic heterocycles. The van der Waals surface area contributed by atoms with Crippen LogP contribution < -0.4 is 5.32 Å². The van der Waals surface area contributed by atoms with Crippen molar-refractivity contribution in [1.82, 2.24) is 5.32 Å². The smallest absolute Gasteiger partial charge is 0.416 e. The van der Waals surface area contributed by atoms with Gasteiger partial charge in [-0.3, -0.25) is 4.79 Å². The number of aromatic hydroxyl groups is 1. The van der Waals surface area contributed by atoms with Crippen molar-refractivity contribution < 1.29 is 23.1 Å². The van der Waals surface area contributed by atoms with Crippen LogP contribution in [0.15, 0.2) is 48.5 Å². The van der Waals surface area contributed by atoms with Crippen molar-refractivity contribution >= 4 is 5.91 Å². The Morgan fingerprint density at radius 1 is 1.12 bits per heavy atom. The molecular weight excluding hydrogens is 343 g/mol. The van der Waals surface area contributed by atoms with Crippen molar-refractivity contribution in [3.63, 3.8) is 0 Å². The predicted octanol–water partition coefficient (Wildman–Crippen LogP) is 4.86. The van der Waals surface area contributed by atoms with Gasteiger partial charge >= 0.3 is 6.18 Å². The van der Waals surface area contributed by atoms with Gasteiger partial charge in [0.25, 0.3) is 0 Å². The maximum absolute atomic E-state index is 13.0.